The Hall–Kier alpha value is -2.56. The molecular formula is C25H28BNO2. The second-order valence-electron chi connectivity index (χ2n) is 8.59. The van der Waals surface area contributed by atoms with E-state index in [9.17, 15) is 0 Å². The summed E-state index contributed by atoms with van der Waals surface area (Å²) in [7, 11) is -0.326. The molecule has 0 unspecified atom stereocenters. The van der Waals surface area contributed by atoms with E-state index in [1.54, 1.807) is 0 Å². The summed E-state index contributed by atoms with van der Waals surface area (Å²) >= 11 is 0. The van der Waals surface area contributed by atoms with Gasteiger partial charge in [0.25, 0.3) is 0 Å². The van der Waals surface area contributed by atoms with E-state index in [0.717, 1.165) is 12.0 Å². The van der Waals surface area contributed by atoms with Crippen molar-refractivity contribution in [2.45, 2.75) is 45.4 Å². The number of para-hydroxylation sites is 2. The van der Waals surface area contributed by atoms with E-state index in [4.69, 9.17) is 9.31 Å². The Labute approximate surface area is 174 Å². The Morgan fingerprint density at radius 1 is 0.655 bits per heavy atom. The Balaban J connectivity index is 1.55. The van der Waals surface area contributed by atoms with Gasteiger partial charge in [-0.3, -0.25) is 0 Å². The molecule has 1 fully saturated rings. The van der Waals surface area contributed by atoms with Crippen LogP contribution < -0.4 is 10.4 Å². The molecule has 0 saturated carbocycles. The number of rotatable bonds is 5. The Kier molecular flexibility index (Phi) is 5.24. The molecule has 0 aromatic heterocycles. The molecule has 0 radical (unpaired) electrons. The molecule has 4 heteroatoms. The molecule has 1 heterocycles. The first-order valence-electron chi connectivity index (χ1n) is 10.2. The molecule has 29 heavy (non-hydrogen) atoms. The van der Waals surface area contributed by atoms with Gasteiger partial charge in [-0.25, -0.2) is 0 Å². The van der Waals surface area contributed by atoms with E-state index in [2.05, 4.69) is 105 Å². The second-order valence-corrected chi connectivity index (χ2v) is 8.59. The number of hydrogen-bond donors (Lipinski definition) is 0. The number of nitrogens with zero attached hydrogens (tertiary/aromatic N) is 1. The molecule has 0 atom stereocenters. The molecule has 3 nitrogen and oxygen atoms in total. The summed E-state index contributed by atoms with van der Waals surface area (Å²) < 4.78 is 12.4. The topological polar surface area (TPSA) is 21.7 Å². The largest absolute Gasteiger partial charge is 0.494 e. The zero-order valence-electron chi connectivity index (χ0n) is 17.6. The fourth-order valence-electron chi connectivity index (χ4n) is 3.49. The molecule has 4 rings (SSSR count). The number of benzene rings is 3. The van der Waals surface area contributed by atoms with Crippen molar-refractivity contribution in [3.8, 4) is 0 Å². The molecule has 1 aliphatic rings. The molecular weight excluding hydrogens is 357 g/mol. The van der Waals surface area contributed by atoms with Gasteiger partial charge in [-0.2, -0.15) is 0 Å². The van der Waals surface area contributed by atoms with Crippen LogP contribution in [0, 0.1) is 0 Å². The van der Waals surface area contributed by atoms with Crippen LogP contribution in [0.25, 0.3) is 0 Å². The van der Waals surface area contributed by atoms with Gasteiger partial charge >= 0.3 is 7.12 Å². The summed E-state index contributed by atoms with van der Waals surface area (Å²) in [5.74, 6) is 0. The zero-order valence-corrected chi connectivity index (χ0v) is 17.6. The molecule has 148 valence electrons. The standard InChI is InChI=1S/C25H28BNO2/c1-24(2)25(3,4)29-26(28-24)21-17-15-20(16-18-21)19-27(22-11-7-5-8-12-22)23-13-9-6-10-14-23/h5-18H,19H2,1-4H3. The number of anilines is 2. The maximum atomic E-state index is 6.18. The maximum Gasteiger partial charge on any atom is 0.494 e. The Morgan fingerprint density at radius 3 is 1.55 bits per heavy atom. The van der Waals surface area contributed by atoms with Crippen LogP contribution in [0.1, 0.15) is 33.3 Å². The quantitative estimate of drug-likeness (QED) is 0.555. The highest BCUT2D eigenvalue weighted by Crippen LogP contribution is 2.36. The van der Waals surface area contributed by atoms with Crippen LogP contribution in [0.15, 0.2) is 84.9 Å². The van der Waals surface area contributed by atoms with Crippen molar-refractivity contribution in [2.75, 3.05) is 4.90 Å². The van der Waals surface area contributed by atoms with Crippen molar-refractivity contribution in [3.63, 3.8) is 0 Å². The van der Waals surface area contributed by atoms with E-state index < -0.39 is 0 Å². The summed E-state index contributed by atoms with van der Waals surface area (Å²) in [6.45, 7) is 9.12. The van der Waals surface area contributed by atoms with Crippen LogP contribution in [0.3, 0.4) is 0 Å². The van der Waals surface area contributed by atoms with Crippen LogP contribution in [0.4, 0.5) is 11.4 Å². The van der Waals surface area contributed by atoms with Gasteiger partial charge in [-0.1, -0.05) is 60.7 Å². The van der Waals surface area contributed by atoms with E-state index >= 15 is 0 Å². The smallest absolute Gasteiger partial charge is 0.399 e. The summed E-state index contributed by atoms with van der Waals surface area (Å²) in [6, 6.07) is 29.5. The highest BCUT2D eigenvalue weighted by molar-refractivity contribution is 6.62. The third-order valence-corrected chi connectivity index (χ3v) is 5.98. The molecule has 3 aromatic carbocycles. The Bertz CT molecular complexity index is 884. The molecule has 1 saturated heterocycles. The highest BCUT2D eigenvalue weighted by Gasteiger charge is 2.51. The summed E-state index contributed by atoms with van der Waals surface area (Å²) in [5, 5.41) is 0. The lowest BCUT2D eigenvalue weighted by Crippen LogP contribution is -2.41. The van der Waals surface area contributed by atoms with Crippen molar-refractivity contribution < 1.29 is 9.31 Å². The zero-order chi connectivity index (χ0) is 20.5. The van der Waals surface area contributed by atoms with Crippen LogP contribution in [-0.4, -0.2) is 18.3 Å². The van der Waals surface area contributed by atoms with E-state index in [1.165, 1.54) is 16.9 Å². The van der Waals surface area contributed by atoms with Crippen molar-refractivity contribution in [2.24, 2.45) is 0 Å². The first kappa shape index (κ1) is 19.7. The predicted molar refractivity (Wildman–Crippen MR) is 121 cm³/mol. The fourth-order valence-corrected chi connectivity index (χ4v) is 3.49. The third kappa shape index (κ3) is 4.09. The van der Waals surface area contributed by atoms with Crippen molar-refractivity contribution in [3.05, 3.63) is 90.5 Å². The normalized spacial score (nSPS) is 17.3. The fraction of sp³-hybridized carbons (Fsp3) is 0.280. The van der Waals surface area contributed by atoms with Gasteiger partial charge in [0.2, 0.25) is 0 Å². The Morgan fingerprint density at radius 2 is 1.10 bits per heavy atom. The maximum absolute atomic E-state index is 6.18. The molecule has 0 spiro atoms. The van der Waals surface area contributed by atoms with Crippen LogP contribution in [0.2, 0.25) is 0 Å². The third-order valence-electron chi connectivity index (χ3n) is 5.98. The lowest BCUT2D eigenvalue weighted by Gasteiger charge is -2.32. The molecule has 0 aliphatic carbocycles. The molecule has 0 amide bonds. The average Bonchev–Trinajstić information content (AvgIpc) is 2.95. The minimum Gasteiger partial charge on any atom is -0.399 e. The van der Waals surface area contributed by atoms with E-state index in [1.807, 2.05) is 12.1 Å². The van der Waals surface area contributed by atoms with Crippen LogP contribution >= 0.6 is 0 Å². The van der Waals surface area contributed by atoms with Gasteiger partial charge in [0.15, 0.2) is 0 Å². The first-order valence-corrected chi connectivity index (χ1v) is 10.2. The van der Waals surface area contributed by atoms with Gasteiger partial charge in [-0.05, 0) is 63.0 Å². The van der Waals surface area contributed by atoms with Gasteiger partial charge in [0.05, 0.1) is 11.2 Å². The van der Waals surface area contributed by atoms with Gasteiger partial charge in [0, 0.05) is 17.9 Å². The predicted octanol–water partition coefficient (Wildman–Crippen LogP) is 5.32. The van der Waals surface area contributed by atoms with Crippen LogP contribution in [-0.2, 0) is 15.9 Å². The van der Waals surface area contributed by atoms with E-state index in [-0.39, 0.29) is 18.3 Å². The lowest BCUT2D eigenvalue weighted by molar-refractivity contribution is 0.00578. The van der Waals surface area contributed by atoms with E-state index in [0.29, 0.717) is 0 Å². The molecule has 0 bridgehead atoms. The summed E-state index contributed by atoms with van der Waals surface area (Å²) in [5.41, 5.74) is 3.99. The van der Waals surface area contributed by atoms with Gasteiger partial charge in [0.1, 0.15) is 0 Å². The van der Waals surface area contributed by atoms with Gasteiger partial charge < -0.3 is 14.2 Å². The molecule has 1 aliphatic heterocycles. The highest BCUT2D eigenvalue weighted by atomic mass is 16.7. The first-order chi connectivity index (χ1) is 13.9. The summed E-state index contributed by atoms with van der Waals surface area (Å²) in [6.07, 6.45) is 0. The minimum absolute atomic E-state index is 0.326. The second kappa shape index (κ2) is 7.70. The number of hydrogen-bond acceptors (Lipinski definition) is 3. The lowest BCUT2D eigenvalue weighted by atomic mass is 9.79. The average molecular weight is 385 g/mol. The molecule has 3 aromatic rings. The van der Waals surface area contributed by atoms with Crippen molar-refractivity contribution >= 4 is 24.0 Å². The summed E-state index contributed by atoms with van der Waals surface area (Å²) in [4.78, 5) is 2.32. The van der Waals surface area contributed by atoms with Crippen LogP contribution in [0.5, 0.6) is 0 Å². The SMILES string of the molecule is CC1(C)OB(c2ccc(CN(c3ccccc3)c3ccccc3)cc2)OC1(C)C. The monoisotopic (exact) mass is 385 g/mol. The molecule has 0 N–H and O–H groups in total. The minimum atomic E-state index is -0.326. The van der Waals surface area contributed by atoms with Gasteiger partial charge in [-0.15, -0.1) is 0 Å². The van der Waals surface area contributed by atoms with Crippen molar-refractivity contribution in [1.82, 2.24) is 0 Å². The van der Waals surface area contributed by atoms with Crippen molar-refractivity contribution in [1.29, 1.82) is 0 Å².